The zero-order chi connectivity index (χ0) is 16.4. The Bertz CT molecular complexity index is 682. The van der Waals surface area contributed by atoms with Crippen molar-refractivity contribution in [2.45, 2.75) is 25.4 Å². The molecule has 1 aromatic carbocycles. The Morgan fingerprint density at radius 2 is 2.13 bits per heavy atom. The highest BCUT2D eigenvalue weighted by atomic mass is 32.1. The molecule has 0 aliphatic heterocycles. The van der Waals surface area contributed by atoms with Crippen LogP contribution in [0.15, 0.2) is 29.6 Å². The third-order valence-electron chi connectivity index (χ3n) is 4.01. The highest BCUT2D eigenvalue weighted by Crippen LogP contribution is 2.32. The Morgan fingerprint density at radius 3 is 2.78 bits per heavy atom. The molecule has 1 unspecified atom stereocenters. The molecular weight excluding hydrogens is 315 g/mol. The molecule has 1 N–H and O–H groups in total. The first-order valence-corrected chi connectivity index (χ1v) is 8.53. The van der Waals surface area contributed by atoms with E-state index in [9.17, 15) is 14.3 Å². The van der Waals surface area contributed by atoms with E-state index in [2.05, 4.69) is 4.98 Å². The summed E-state index contributed by atoms with van der Waals surface area (Å²) in [4.78, 5) is 18.2. The summed E-state index contributed by atoms with van der Waals surface area (Å²) in [6, 6.07) is 6.27. The van der Waals surface area contributed by atoms with E-state index >= 15 is 0 Å². The summed E-state index contributed by atoms with van der Waals surface area (Å²) in [6.07, 6.45) is 2.22. The predicted octanol–water partition coefficient (Wildman–Crippen LogP) is 2.72. The van der Waals surface area contributed by atoms with Crippen molar-refractivity contribution in [3.8, 4) is 0 Å². The van der Waals surface area contributed by atoms with Crippen LogP contribution in [-0.2, 0) is 6.42 Å². The number of hydrogen-bond donors (Lipinski definition) is 1. The molecule has 1 aromatic heterocycles. The van der Waals surface area contributed by atoms with Gasteiger partial charge in [0.1, 0.15) is 11.5 Å². The van der Waals surface area contributed by atoms with Crippen molar-refractivity contribution in [1.29, 1.82) is 0 Å². The van der Waals surface area contributed by atoms with Crippen molar-refractivity contribution < 1.29 is 14.3 Å². The lowest BCUT2D eigenvalue weighted by molar-refractivity contribution is 0.0641. The van der Waals surface area contributed by atoms with Crippen LogP contribution in [0.4, 0.5) is 4.39 Å². The second-order valence-corrected chi connectivity index (χ2v) is 6.96. The summed E-state index contributed by atoms with van der Waals surface area (Å²) < 4.78 is 12.9. The Morgan fingerprint density at radius 1 is 1.43 bits per heavy atom. The minimum atomic E-state index is -0.443. The molecular formula is C17H19FN2O2S. The molecule has 6 heteroatoms. The molecule has 1 atom stereocenters. The number of carbonyl (C=O) groups excluding carboxylic acids is 1. The summed E-state index contributed by atoms with van der Waals surface area (Å²) in [5.74, 6) is -0.0966. The first-order valence-electron chi connectivity index (χ1n) is 7.65. The highest BCUT2D eigenvalue weighted by molar-refractivity contribution is 7.09. The fourth-order valence-electron chi connectivity index (χ4n) is 2.46. The van der Waals surface area contributed by atoms with E-state index in [1.54, 1.807) is 24.6 Å². The van der Waals surface area contributed by atoms with Gasteiger partial charge in [-0.3, -0.25) is 4.79 Å². The average Bonchev–Trinajstić information content (AvgIpc) is 3.29. The monoisotopic (exact) mass is 334 g/mol. The zero-order valence-corrected chi connectivity index (χ0v) is 13.7. The number of aliphatic hydroxyl groups is 1. The van der Waals surface area contributed by atoms with Crippen LogP contribution in [0.25, 0.3) is 0 Å². The zero-order valence-electron chi connectivity index (χ0n) is 12.9. The fourth-order valence-corrected chi connectivity index (χ4v) is 3.26. The Hall–Kier alpha value is -1.79. The molecule has 0 radical (unpaired) electrons. The number of carbonyl (C=O) groups is 1. The second kappa shape index (κ2) is 6.76. The number of nitrogens with zero attached hydrogens (tertiary/aromatic N) is 2. The number of likely N-dealkylation sites (N-methyl/N-ethyl adjacent to an activating group) is 1. The number of thiazole rings is 1. The maximum absolute atomic E-state index is 12.9. The Balaban J connectivity index is 1.61. The summed E-state index contributed by atoms with van der Waals surface area (Å²) in [5.41, 5.74) is 1.36. The molecule has 1 aliphatic rings. The summed E-state index contributed by atoms with van der Waals surface area (Å²) in [5, 5.41) is 12.5. The van der Waals surface area contributed by atoms with Crippen LogP contribution < -0.4 is 0 Å². The maximum Gasteiger partial charge on any atom is 0.273 e. The summed E-state index contributed by atoms with van der Waals surface area (Å²) >= 11 is 1.42. The van der Waals surface area contributed by atoms with Gasteiger partial charge in [-0.15, -0.1) is 11.3 Å². The van der Waals surface area contributed by atoms with Gasteiger partial charge in [0.25, 0.3) is 5.91 Å². The summed E-state index contributed by atoms with van der Waals surface area (Å²) in [6.45, 7) is 0.342. The van der Waals surface area contributed by atoms with Crippen molar-refractivity contribution in [1.82, 2.24) is 9.88 Å². The number of halogens is 1. The van der Waals surface area contributed by atoms with Gasteiger partial charge in [-0.1, -0.05) is 12.1 Å². The van der Waals surface area contributed by atoms with Crippen molar-refractivity contribution in [2.75, 3.05) is 13.6 Å². The second-order valence-electron chi connectivity index (χ2n) is 6.02. The number of benzene rings is 1. The van der Waals surface area contributed by atoms with Crippen molar-refractivity contribution in [3.63, 3.8) is 0 Å². The Labute approximate surface area is 138 Å². The highest BCUT2D eigenvalue weighted by Gasteiger charge is 2.31. The van der Waals surface area contributed by atoms with Gasteiger partial charge in [0, 0.05) is 25.4 Å². The molecule has 2 aromatic rings. The molecule has 0 spiro atoms. The molecule has 1 fully saturated rings. The molecule has 1 amide bonds. The van der Waals surface area contributed by atoms with Crippen molar-refractivity contribution in [2.24, 2.45) is 5.92 Å². The van der Waals surface area contributed by atoms with E-state index in [4.69, 9.17) is 0 Å². The van der Waals surface area contributed by atoms with Crippen molar-refractivity contribution in [3.05, 3.63) is 51.7 Å². The predicted molar refractivity (Wildman–Crippen MR) is 87.0 cm³/mol. The van der Waals surface area contributed by atoms with E-state index in [0.717, 1.165) is 23.4 Å². The van der Waals surface area contributed by atoms with E-state index in [1.807, 2.05) is 0 Å². The molecule has 0 bridgehead atoms. The van der Waals surface area contributed by atoms with E-state index in [0.29, 0.717) is 24.6 Å². The van der Waals surface area contributed by atoms with E-state index < -0.39 is 6.10 Å². The minimum Gasteiger partial charge on any atom is -0.391 e. The van der Waals surface area contributed by atoms with Gasteiger partial charge in [0.2, 0.25) is 0 Å². The molecule has 1 aliphatic carbocycles. The van der Waals surface area contributed by atoms with Crippen LogP contribution in [0.2, 0.25) is 0 Å². The maximum atomic E-state index is 12.9. The number of amides is 1. The number of hydrogen-bond acceptors (Lipinski definition) is 4. The van der Waals surface area contributed by atoms with Crippen LogP contribution in [-0.4, -0.2) is 40.6 Å². The molecule has 0 saturated heterocycles. The third kappa shape index (κ3) is 4.14. The van der Waals surface area contributed by atoms with E-state index in [-0.39, 0.29) is 11.7 Å². The van der Waals surface area contributed by atoms with Gasteiger partial charge in [-0.05, 0) is 36.5 Å². The van der Waals surface area contributed by atoms with Gasteiger partial charge in [-0.25, -0.2) is 9.37 Å². The lowest BCUT2D eigenvalue weighted by Crippen LogP contribution is -2.35. The van der Waals surface area contributed by atoms with Crippen LogP contribution in [0.1, 0.15) is 33.9 Å². The summed E-state index contributed by atoms with van der Waals surface area (Å²) in [7, 11) is 1.69. The van der Waals surface area contributed by atoms with Gasteiger partial charge in [-0.2, -0.15) is 0 Å². The molecule has 1 heterocycles. The number of aliphatic hydroxyl groups excluding tert-OH is 1. The van der Waals surface area contributed by atoms with E-state index in [1.165, 1.54) is 28.4 Å². The first-order chi connectivity index (χ1) is 11.0. The first kappa shape index (κ1) is 16.1. The van der Waals surface area contributed by atoms with Gasteiger partial charge in [0.05, 0.1) is 11.1 Å². The lowest BCUT2D eigenvalue weighted by atomic mass is 10.1. The standard InChI is InChI=1S/C17H19FN2O2S/c1-20(9-15(21)12-4-5-12)17(22)14-10-23-16(19-14)8-11-2-6-13(18)7-3-11/h2-3,6-7,10,12,15,21H,4-5,8-9H2,1H3. The Kier molecular flexibility index (Phi) is 4.73. The van der Waals surface area contributed by atoms with Gasteiger partial charge >= 0.3 is 0 Å². The molecule has 4 nitrogen and oxygen atoms in total. The van der Waals surface area contributed by atoms with Crippen LogP contribution in [0.5, 0.6) is 0 Å². The SMILES string of the molecule is CN(CC(O)C1CC1)C(=O)c1csc(Cc2ccc(F)cc2)n1. The molecule has 1 saturated carbocycles. The van der Waals surface area contributed by atoms with Gasteiger partial charge < -0.3 is 10.0 Å². The minimum absolute atomic E-state index is 0.175. The quantitative estimate of drug-likeness (QED) is 0.884. The molecule has 23 heavy (non-hydrogen) atoms. The molecule has 122 valence electrons. The number of aromatic nitrogens is 1. The smallest absolute Gasteiger partial charge is 0.273 e. The van der Waals surface area contributed by atoms with Crippen molar-refractivity contribution >= 4 is 17.2 Å². The number of rotatable bonds is 6. The van der Waals surface area contributed by atoms with Crippen LogP contribution in [0.3, 0.4) is 0 Å². The lowest BCUT2D eigenvalue weighted by Gasteiger charge is -2.19. The molecule has 3 rings (SSSR count). The van der Waals surface area contributed by atoms with Gasteiger partial charge in [0.15, 0.2) is 0 Å². The average molecular weight is 334 g/mol. The fraction of sp³-hybridized carbons (Fsp3) is 0.412. The largest absolute Gasteiger partial charge is 0.391 e. The third-order valence-corrected chi connectivity index (χ3v) is 4.86. The topological polar surface area (TPSA) is 53.4 Å². The normalized spacial score (nSPS) is 15.4. The van der Waals surface area contributed by atoms with Crippen LogP contribution in [0, 0.1) is 11.7 Å². The van der Waals surface area contributed by atoms with Crippen LogP contribution >= 0.6 is 11.3 Å².